The van der Waals surface area contributed by atoms with E-state index in [0.717, 1.165) is 31.8 Å². The van der Waals surface area contributed by atoms with E-state index in [1.54, 1.807) is 4.52 Å². The average Bonchev–Trinajstić information content (AvgIpc) is 3.34. The Bertz CT molecular complexity index is 752. The van der Waals surface area contributed by atoms with Crippen molar-refractivity contribution >= 4 is 17.4 Å². The Labute approximate surface area is 151 Å². The first-order chi connectivity index (χ1) is 12.8. The molecule has 2 fully saturated rings. The van der Waals surface area contributed by atoms with Crippen molar-refractivity contribution < 1.29 is 14.3 Å². The van der Waals surface area contributed by atoms with Crippen LogP contribution in [-0.2, 0) is 20.7 Å². The van der Waals surface area contributed by atoms with Gasteiger partial charge in [-0.2, -0.15) is 4.52 Å². The van der Waals surface area contributed by atoms with Gasteiger partial charge in [-0.05, 0) is 25.0 Å². The van der Waals surface area contributed by atoms with Crippen molar-refractivity contribution in [2.24, 2.45) is 0 Å². The third-order valence-corrected chi connectivity index (χ3v) is 4.79. The maximum atomic E-state index is 12.3. The number of carbonyl (C=O) groups excluding carboxylic acids is 1. The molecule has 1 amide bonds. The third kappa shape index (κ3) is 3.94. The Balaban J connectivity index is 1.38. The molecule has 0 spiro atoms. The van der Waals surface area contributed by atoms with Gasteiger partial charge in [0.15, 0.2) is 11.5 Å². The Morgan fingerprint density at radius 3 is 2.92 bits per heavy atom. The summed E-state index contributed by atoms with van der Waals surface area (Å²) in [4.78, 5) is 14.2. The van der Waals surface area contributed by atoms with Crippen LogP contribution in [0.15, 0.2) is 12.1 Å². The molecule has 4 rings (SSSR count). The highest BCUT2D eigenvalue weighted by molar-refractivity contribution is 5.76. The first-order valence-corrected chi connectivity index (χ1v) is 9.22. The van der Waals surface area contributed by atoms with Crippen LogP contribution in [0.3, 0.4) is 0 Å². The number of aromatic nitrogens is 4. The molecule has 2 aliphatic heterocycles. The molecule has 2 aromatic heterocycles. The number of morpholine rings is 1. The van der Waals surface area contributed by atoms with Gasteiger partial charge in [0.2, 0.25) is 5.91 Å². The van der Waals surface area contributed by atoms with Crippen LogP contribution < -0.4 is 5.32 Å². The number of fused-ring (bicyclic) bond motifs is 1. The maximum absolute atomic E-state index is 12.3. The van der Waals surface area contributed by atoms with E-state index >= 15 is 0 Å². The van der Waals surface area contributed by atoms with E-state index in [1.165, 1.54) is 0 Å². The molecular formula is C17H24N6O3. The zero-order valence-electron chi connectivity index (χ0n) is 14.8. The number of anilines is 1. The zero-order valence-corrected chi connectivity index (χ0v) is 14.8. The molecule has 0 aliphatic carbocycles. The van der Waals surface area contributed by atoms with E-state index in [4.69, 9.17) is 9.47 Å². The van der Waals surface area contributed by atoms with E-state index in [0.29, 0.717) is 50.6 Å². The van der Waals surface area contributed by atoms with Gasteiger partial charge >= 0.3 is 0 Å². The number of amides is 1. The summed E-state index contributed by atoms with van der Waals surface area (Å²) in [5, 5.41) is 16.2. The number of hydrogen-bond acceptors (Lipinski definition) is 7. The summed E-state index contributed by atoms with van der Waals surface area (Å²) in [5.41, 5.74) is 0.682. The van der Waals surface area contributed by atoms with Crippen LogP contribution in [0.4, 0.5) is 5.82 Å². The first kappa shape index (κ1) is 17.2. The molecule has 140 valence electrons. The summed E-state index contributed by atoms with van der Waals surface area (Å²) in [6.07, 6.45) is 3.36. The predicted molar refractivity (Wildman–Crippen MR) is 94.0 cm³/mol. The van der Waals surface area contributed by atoms with Crippen LogP contribution in [0.25, 0.3) is 5.65 Å². The van der Waals surface area contributed by atoms with Crippen molar-refractivity contribution in [1.82, 2.24) is 24.7 Å². The van der Waals surface area contributed by atoms with Gasteiger partial charge in [-0.25, -0.2) is 0 Å². The molecule has 2 aromatic rings. The van der Waals surface area contributed by atoms with E-state index in [-0.39, 0.29) is 12.0 Å². The van der Waals surface area contributed by atoms with Crippen LogP contribution >= 0.6 is 0 Å². The largest absolute Gasteiger partial charge is 0.378 e. The lowest BCUT2D eigenvalue weighted by Gasteiger charge is -2.26. The number of rotatable bonds is 6. The summed E-state index contributed by atoms with van der Waals surface area (Å²) in [5.74, 6) is 1.58. The predicted octanol–water partition coefficient (Wildman–Crippen LogP) is 0.507. The second-order valence-electron chi connectivity index (χ2n) is 6.61. The van der Waals surface area contributed by atoms with Crippen molar-refractivity contribution in [2.75, 3.05) is 44.8 Å². The van der Waals surface area contributed by atoms with Crippen LogP contribution in [0.2, 0.25) is 0 Å². The minimum absolute atomic E-state index is 0.123. The monoisotopic (exact) mass is 360 g/mol. The average molecular weight is 360 g/mol. The molecule has 0 radical (unpaired) electrons. The highest BCUT2D eigenvalue weighted by atomic mass is 16.5. The number of aryl methyl sites for hydroxylation is 1. The fourth-order valence-electron chi connectivity index (χ4n) is 3.30. The second kappa shape index (κ2) is 7.96. The molecule has 2 aliphatic rings. The van der Waals surface area contributed by atoms with Crippen molar-refractivity contribution in [3.63, 3.8) is 0 Å². The first-order valence-electron chi connectivity index (χ1n) is 9.22. The van der Waals surface area contributed by atoms with Crippen LogP contribution in [-0.4, -0.2) is 76.2 Å². The maximum Gasteiger partial charge on any atom is 0.223 e. The SMILES string of the molecule is O=C(CCc1nnc2ccc(NC[C@H]3CCCO3)nn12)N1CCOCC1. The molecule has 0 unspecified atom stereocenters. The van der Waals surface area contributed by atoms with Crippen molar-refractivity contribution in [2.45, 2.75) is 31.8 Å². The van der Waals surface area contributed by atoms with Gasteiger partial charge in [-0.15, -0.1) is 15.3 Å². The summed E-state index contributed by atoms with van der Waals surface area (Å²) >= 11 is 0. The number of nitrogens with one attached hydrogen (secondary N) is 1. The molecule has 9 heteroatoms. The van der Waals surface area contributed by atoms with Gasteiger partial charge in [0.1, 0.15) is 5.82 Å². The normalized spacial score (nSPS) is 20.6. The Morgan fingerprint density at radius 2 is 2.12 bits per heavy atom. The standard InChI is InChI=1S/C17H24N6O3/c24-17(22-7-10-25-11-8-22)6-5-16-20-19-15-4-3-14(21-23(15)16)18-12-13-2-1-9-26-13/h3-4,13H,1-2,5-12H2,(H,18,21)/t13-/m1/s1. The molecule has 26 heavy (non-hydrogen) atoms. The fraction of sp³-hybridized carbons (Fsp3) is 0.647. The lowest BCUT2D eigenvalue weighted by Crippen LogP contribution is -2.40. The molecule has 1 N–H and O–H groups in total. The Hall–Kier alpha value is -2.26. The third-order valence-electron chi connectivity index (χ3n) is 4.79. The topological polar surface area (TPSA) is 93.9 Å². The molecular weight excluding hydrogens is 336 g/mol. The lowest BCUT2D eigenvalue weighted by atomic mass is 10.2. The van der Waals surface area contributed by atoms with E-state index in [9.17, 15) is 4.79 Å². The molecule has 9 nitrogen and oxygen atoms in total. The van der Waals surface area contributed by atoms with Crippen LogP contribution in [0, 0.1) is 0 Å². The van der Waals surface area contributed by atoms with Gasteiger partial charge in [0.05, 0.1) is 19.3 Å². The second-order valence-corrected chi connectivity index (χ2v) is 6.61. The lowest BCUT2D eigenvalue weighted by molar-refractivity contribution is -0.135. The molecule has 0 saturated carbocycles. The van der Waals surface area contributed by atoms with Gasteiger partial charge in [-0.3, -0.25) is 4.79 Å². The van der Waals surface area contributed by atoms with Crippen molar-refractivity contribution in [1.29, 1.82) is 0 Å². The van der Waals surface area contributed by atoms with Crippen molar-refractivity contribution in [3.8, 4) is 0 Å². The molecule has 2 saturated heterocycles. The van der Waals surface area contributed by atoms with Crippen LogP contribution in [0.5, 0.6) is 0 Å². The van der Waals surface area contributed by atoms with Gasteiger partial charge in [-0.1, -0.05) is 0 Å². The van der Waals surface area contributed by atoms with Gasteiger partial charge in [0.25, 0.3) is 0 Å². The van der Waals surface area contributed by atoms with Crippen molar-refractivity contribution in [3.05, 3.63) is 18.0 Å². The summed E-state index contributed by atoms with van der Waals surface area (Å²) < 4.78 is 12.6. The molecule has 0 bridgehead atoms. The zero-order chi connectivity index (χ0) is 17.8. The minimum atomic E-state index is 0.123. The number of carbonyl (C=O) groups is 1. The van der Waals surface area contributed by atoms with E-state index in [1.807, 2.05) is 17.0 Å². The summed E-state index contributed by atoms with van der Waals surface area (Å²) in [6.45, 7) is 4.13. The van der Waals surface area contributed by atoms with E-state index in [2.05, 4.69) is 20.6 Å². The number of nitrogens with zero attached hydrogens (tertiary/aromatic N) is 5. The van der Waals surface area contributed by atoms with E-state index < -0.39 is 0 Å². The Kier molecular flexibility index (Phi) is 5.26. The van der Waals surface area contributed by atoms with Gasteiger partial charge < -0.3 is 19.7 Å². The minimum Gasteiger partial charge on any atom is -0.378 e. The fourth-order valence-corrected chi connectivity index (χ4v) is 3.30. The van der Waals surface area contributed by atoms with Crippen LogP contribution in [0.1, 0.15) is 25.1 Å². The smallest absolute Gasteiger partial charge is 0.223 e. The summed E-state index contributed by atoms with van der Waals surface area (Å²) in [6, 6.07) is 3.77. The molecule has 0 aromatic carbocycles. The quantitative estimate of drug-likeness (QED) is 0.802. The number of hydrogen-bond donors (Lipinski definition) is 1. The highest BCUT2D eigenvalue weighted by Crippen LogP contribution is 2.14. The molecule has 1 atom stereocenters. The number of ether oxygens (including phenoxy) is 2. The summed E-state index contributed by atoms with van der Waals surface area (Å²) in [7, 11) is 0. The highest BCUT2D eigenvalue weighted by Gasteiger charge is 2.18. The Morgan fingerprint density at radius 1 is 1.23 bits per heavy atom. The molecule has 4 heterocycles. The van der Waals surface area contributed by atoms with Gasteiger partial charge in [0, 0.05) is 39.1 Å².